The first-order valence-electron chi connectivity index (χ1n) is 10.1. The van der Waals surface area contributed by atoms with Crippen molar-refractivity contribution in [3.05, 3.63) is 77.9 Å². The maximum atomic E-state index is 11.7. The second-order valence-corrected chi connectivity index (χ2v) is 6.78. The van der Waals surface area contributed by atoms with Crippen molar-refractivity contribution in [3.63, 3.8) is 0 Å². The molecule has 31 heavy (non-hydrogen) atoms. The number of fused-ring (bicyclic) bond motifs is 1. The summed E-state index contributed by atoms with van der Waals surface area (Å²) in [4.78, 5) is 16.0. The molecule has 3 N–H and O–H groups in total. The molecule has 0 saturated carbocycles. The van der Waals surface area contributed by atoms with Crippen LogP contribution in [-0.4, -0.2) is 45.7 Å². The predicted molar refractivity (Wildman–Crippen MR) is 138 cm³/mol. The molecule has 1 amide bonds. The van der Waals surface area contributed by atoms with E-state index >= 15 is 0 Å². The molecule has 6 nitrogen and oxygen atoms in total. The number of ether oxygens (including phenoxy) is 1. The molecule has 0 radical (unpaired) electrons. The average Bonchev–Trinajstić information content (AvgIpc) is 2.80. The van der Waals surface area contributed by atoms with E-state index in [1.165, 1.54) is 5.39 Å². The summed E-state index contributed by atoms with van der Waals surface area (Å²) < 4.78 is 5.95. The second-order valence-electron chi connectivity index (χ2n) is 6.78. The number of halogens is 1. The Morgan fingerprint density at radius 3 is 2.52 bits per heavy atom. The summed E-state index contributed by atoms with van der Waals surface area (Å²) >= 11 is 0. The van der Waals surface area contributed by atoms with Gasteiger partial charge in [0, 0.05) is 31.6 Å². The highest BCUT2D eigenvalue weighted by molar-refractivity contribution is 14.0. The lowest BCUT2D eigenvalue weighted by molar-refractivity contribution is 0.0963. The van der Waals surface area contributed by atoms with E-state index in [9.17, 15) is 4.79 Å². The van der Waals surface area contributed by atoms with Gasteiger partial charge < -0.3 is 20.7 Å². The van der Waals surface area contributed by atoms with E-state index in [1.807, 2.05) is 48.5 Å². The van der Waals surface area contributed by atoms with E-state index in [1.54, 1.807) is 14.1 Å². The summed E-state index contributed by atoms with van der Waals surface area (Å²) in [5, 5.41) is 11.5. The Morgan fingerprint density at radius 1 is 0.968 bits per heavy atom. The number of rotatable bonds is 8. The number of hydrogen-bond acceptors (Lipinski definition) is 3. The van der Waals surface area contributed by atoms with Gasteiger partial charge in [0.25, 0.3) is 5.91 Å². The Morgan fingerprint density at radius 2 is 1.71 bits per heavy atom. The normalized spacial score (nSPS) is 10.8. The predicted octanol–water partition coefficient (Wildman–Crippen LogP) is 3.60. The number of nitrogens with zero attached hydrogens (tertiary/aromatic N) is 1. The maximum absolute atomic E-state index is 11.7. The number of benzene rings is 3. The van der Waals surface area contributed by atoms with Crippen LogP contribution in [0.15, 0.2) is 71.7 Å². The molecule has 7 heteroatoms. The zero-order valence-electron chi connectivity index (χ0n) is 17.9. The summed E-state index contributed by atoms with van der Waals surface area (Å²) in [6.45, 7) is 1.87. The minimum atomic E-state index is -0.0755. The molecule has 0 unspecified atom stereocenters. The fourth-order valence-corrected chi connectivity index (χ4v) is 3.21. The van der Waals surface area contributed by atoms with Crippen LogP contribution in [0.2, 0.25) is 0 Å². The highest BCUT2D eigenvalue weighted by Crippen LogP contribution is 2.24. The van der Waals surface area contributed by atoms with Crippen molar-refractivity contribution in [2.24, 2.45) is 4.99 Å². The number of guanidine groups is 1. The van der Waals surface area contributed by atoms with Crippen molar-refractivity contribution in [1.82, 2.24) is 16.0 Å². The van der Waals surface area contributed by atoms with Gasteiger partial charge in [0.2, 0.25) is 0 Å². The smallest absolute Gasteiger partial charge is 0.251 e. The summed E-state index contributed by atoms with van der Waals surface area (Å²) in [7, 11) is 3.38. The van der Waals surface area contributed by atoms with E-state index in [4.69, 9.17) is 4.74 Å². The molecule has 0 heterocycles. The highest BCUT2D eigenvalue weighted by Gasteiger charge is 2.05. The van der Waals surface area contributed by atoms with Crippen molar-refractivity contribution in [1.29, 1.82) is 0 Å². The van der Waals surface area contributed by atoms with Crippen LogP contribution in [0.4, 0.5) is 0 Å². The van der Waals surface area contributed by atoms with Crippen LogP contribution in [0.25, 0.3) is 10.8 Å². The summed E-state index contributed by atoms with van der Waals surface area (Å²) in [5.41, 5.74) is 1.77. The van der Waals surface area contributed by atoms with E-state index in [-0.39, 0.29) is 29.9 Å². The van der Waals surface area contributed by atoms with Gasteiger partial charge in [-0.05, 0) is 35.6 Å². The van der Waals surface area contributed by atoms with Crippen molar-refractivity contribution < 1.29 is 9.53 Å². The quantitative estimate of drug-likeness (QED) is 0.180. The zero-order chi connectivity index (χ0) is 21.2. The van der Waals surface area contributed by atoms with Gasteiger partial charge in [-0.3, -0.25) is 9.79 Å². The van der Waals surface area contributed by atoms with Crippen LogP contribution in [0.1, 0.15) is 15.9 Å². The molecule has 0 spiro atoms. The Hall–Kier alpha value is -2.81. The Kier molecular flexibility index (Phi) is 10.1. The van der Waals surface area contributed by atoms with Gasteiger partial charge in [0.15, 0.2) is 5.96 Å². The number of amides is 1. The van der Waals surface area contributed by atoms with E-state index in [0.29, 0.717) is 25.3 Å². The third-order valence-corrected chi connectivity index (χ3v) is 4.75. The van der Waals surface area contributed by atoms with Crippen LogP contribution in [-0.2, 0) is 6.42 Å². The molecule has 0 bridgehead atoms. The minimum Gasteiger partial charge on any atom is -0.491 e. The molecule has 164 valence electrons. The average molecular weight is 532 g/mol. The first kappa shape index (κ1) is 24.5. The van der Waals surface area contributed by atoms with Crippen molar-refractivity contribution in [2.75, 3.05) is 33.8 Å². The molecular weight excluding hydrogens is 503 g/mol. The van der Waals surface area contributed by atoms with Gasteiger partial charge in [-0.25, -0.2) is 0 Å². The van der Waals surface area contributed by atoms with Crippen LogP contribution in [0.3, 0.4) is 0 Å². The number of carbonyl (C=O) groups excluding carboxylic acids is 1. The van der Waals surface area contributed by atoms with E-state index in [2.05, 4.69) is 39.1 Å². The van der Waals surface area contributed by atoms with E-state index in [0.717, 1.165) is 29.1 Å². The molecule has 0 aliphatic heterocycles. The topological polar surface area (TPSA) is 74.8 Å². The number of carbonyl (C=O) groups is 1. The lowest BCUT2D eigenvalue weighted by Crippen LogP contribution is -2.40. The van der Waals surface area contributed by atoms with Gasteiger partial charge in [-0.2, -0.15) is 0 Å². The summed E-state index contributed by atoms with van der Waals surface area (Å²) in [6.07, 6.45) is 0.790. The monoisotopic (exact) mass is 532 g/mol. The van der Waals surface area contributed by atoms with Crippen LogP contribution in [0, 0.1) is 0 Å². The van der Waals surface area contributed by atoms with Crippen molar-refractivity contribution >= 4 is 46.6 Å². The molecule has 3 aromatic carbocycles. The molecule has 3 aromatic rings. The first-order valence-corrected chi connectivity index (χ1v) is 10.1. The van der Waals surface area contributed by atoms with Crippen LogP contribution in [0.5, 0.6) is 5.75 Å². The number of hydrogen-bond donors (Lipinski definition) is 3. The fraction of sp³-hybridized carbons (Fsp3) is 0.250. The molecule has 3 rings (SSSR count). The van der Waals surface area contributed by atoms with Gasteiger partial charge in [0.05, 0.1) is 6.54 Å². The third kappa shape index (κ3) is 7.13. The Labute approximate surface area is 200 Å². The Bertz CT molecular complexity index is 1020. The molecular formula is C24H29IN4O2. The summed E-state index contributed by atoms with van der Waals surface area (Å²) in [6, 6.07) is 21.9. The largest absolute Gasteiger partial charge is 0.491 e. The van der Waals surface area contributed by atoms with Gasteiger partial charge in [-0.15, -0.1) is 24.0 Å². The number of aliphatic imine (C=N–C) groups is 1. The molecule has 0 aliphatic rings. The lowest BCUT2D eigenvalue weighted by atomic mass is 10.1. The second kappa shape index (κ2) is 12.8. The minimum absolute atomic E-state index is 0. The molecule has 0 aromatic heterocycles. The third-order valence-electron chi connectivity index (χ3n) is 4.75. The fourth-order valence-electron chi connectivity index (χ4n) is 3.21. The highest BCUT2D eigenvalue weighted by atomic mass is 127. The molecule has 0 saturated heterocycles. The van der Waals surface area contributed by atoms with Crippen molar-refractivity contribution in [2.45, 2.75) is 6.42 Å². The SMILES string of the molecule is CN=C(NCCOc1cccc2ccccc12)NCCc1cccc(C(=O)NC)c1.I. The van der Waals surface area contributed by atoms with Gasteiger partial charge >= 0.3 is 0 Å². The van der Waals surface area contributed by atoms with E-state index < -0.39 is 0 Å². The Balaban J connectivity index is 0.00000341. The van der Waals surface area contributed by atoms with Gasteiger partial charge in [-0.1, -0.05) is 48.5 Å². The zero-order valence-corrected chi connectivity index (χ0v) is 20.2. The first-order chi connectivity index (χ1) is 14.7. The maximum Gasteiger partial charge on any atom is 0.251 e. The van der Waals surface area contributed by atoms with Gasteiger partial charge in [0.1, 0.15) is 12.4 Å². The number of nitrogens with one attached hydrogen (secondary N) is 3. The lowest BCUT2D eigenvalue weighted by Gasteiger charge is -2.13. The standard InChI is InChI=1S/C24H28N4O2.HI/c1-25-23(29)20-10-5-7-18(17-20)13-14-27-24(26-2)28-15-16-30-22-12-6-9-19-8-3-4-11-21(19)22;/h3-12,17H,13-16H2,1-2H3,(H,25,29)(H2,26,27,28);1H. The molecule has 0 aliphatic carbocycles. The van der Waals surface area contributed by atoms with Crippen LogP contribution < -0.4 is 20.7 Å². The molecule has 0 atom stereocenters. The van der Waals surface area contributed by atoms with Crippen molar-refractivity contribution in [3.8, 4) is 5.75 Å². The molecule has 0 fully saturated rings. The van der Waals surface area contributed by atoms with Crippen LogP contribution >= 0.6 is 24.0 Å². The summed E-state index contributed by atoms with van der Waals surface area (Å²) in [5.74, 6) is 1.53.